The maximum absolute atomic E-state index is 13.3. The minimum atomic E-state index is -0.608. The minimum absolute atomic E-state index is 0.0703. The van der Waals surface area contributed by atoms with Gasteiger partial charge < -0.3 is 10.2 Å². The van der Waals surface area contributed by atoms with Gasteiger partial charge in [0.15, 0.2) is 0 Å². The van der Waals surface area contributed by atoms with E-state index >= 15 is 0 Å². The van der Waals surface area contributed by atoms with Crippen molar-refractivity contribution in [3.05, 3.63) is 59.3 Å². The van der Waals surface area contributed by atoms with Gasteiger partial charge in [0.1, 0.15) is 11.9 Å². The normalized spacial score (nSPS) is 15.4. The predicted molar refractivity (Wildman–Crippen MR) is 125 cm³/mol. The lowest BCUT2D eigenvalue weighted by atomic mass is 9.91. The van der Waals surface area contributed by atoms with Crippen LogP contribution < -0.4 is 5.32 Å². The summed E-state index contributed by atoms with van der Waals surface area (Å²) in [7, 11) is 0. The van der Waals surface area contributed by atoms with Crippen molar-refractivity contribution in [2.24, 2.45) is 0 Å². The Labute approximate surface area is 186 Å². The molecule has 0 bridgehead atoms. The van der Waals surface area contributed by atoms with Gasteiger partial charge >= 0.3 is 0 Å². The van der Waals surface area contributed by atoms with E-state index in [1.165, 1.54) is 32.1 Å². The number of anilines is 1. The summed E-state index contributed by atoms with van der Waals surface area (Å²) in [5.74, 6) is 0.429. The summed E-state index contributed by atoms with van der Waals surface area (Å²) in [6.07, 6.45) is 11.2. The maximum atomic E-state index is 13.3. The third-order valence-corrected chi connectivity index (χ3v) is 6.10. The molecule has 0 saturated heterocycles. The van der Waals surface area contributed by atoms with E-state index in [-0.39, 0.29) is 11.8 Å². The molecule has 3 rings (SSSR count). The first-order valence-corrected chi connectivity index (χ1v) is 11.7. The molecule has 0 spiro atoms. The molecule has 0 fully saturated rings. The Balaban J connectivity index is 1.67. The molecular formula is C26H35N3O2. The lowest BCUT2D eigenvalue weighted by molar-refractivity contribution is -0.139. The van der Waals surface area contributed by atoms with E-state index in [2.05, 4.69) is 23.3 Å². The van der Waals surface area contributed by atoms with Crippen molar-refractivity contribution in [3.8, 4) is 0 Å². The molecule has 0 saturated carbocycles. The number of amides is 2. The van der Waals surface area contributed by atoms with Crippen LogP contribution in [0.15, 0.2) is 42.6 Å². The fourth-order valence-electron chi connectivity index (χ4n) is 4.30. The van der Waals surface area contributed by atoms with Gasteiger partial charge in [0.05, 0.1) is 0 Å². The van der Waals surface area contributed by atoms with Gasteiger partial charge in [-0.15, -0.1) is 0 Å². The first-order chi connectivity index (χ1) is 15.1. The van der Waals surface area contributed by atoms with Gasteiger partial charge in [-0.25, -0.2) is 4.98 Å². The Morgan fingerprint density at radius 3 is 2.55 bits per heavy atom. The second kappa shape index (κ2) is 11.6. The summed E-state index contributed by atoms with van der Waals surface area (Å²) in [6.45, 7) is 4.71. The van der Waals surface area contributed by atoms with E-state index in [0.29, 0.717) is 18.8 Å². The van der Waals surface area contributed by atoms with Gasteiger partial charge in [0, 0.05) is 19.2 Å². The largest absolute Gasteiger partial charge is 0.326 e. The molecule has 1 unspecified atom stereocenters. The molecule has 1 aromatic heterocycles. The molecule has 31 heavy (non-hydrogen) atoms. The number of aryl methyl sites for hydroxylation is 1. The Kier molecular flexibility index (Phi) is 8.63. The molecule has 2 amide bonds. The molecule has 1 aliphatic heterocycles. The molecule has 1 N–H and O–H groups in total. The fourth-order valence-corrected chi connectivity index (χ4v) is 4.30. The van der Waals surface area contributed by atoms with Gasteiger partial charge in [0.25, 0.3) is 5.91 Å². The number of hydrogen-bond donors (Lipinski definition) is 1. The van der Waals surface area contributed by atoms with Crippen molar-refractivity contribution in [3.63, 3.8) is 0 Å². The molecule has 2 heterocycles. The van der Waals surface area contributed by atoms with Crippen LogP contribution in [-0.4, -0.2) is 28.2 Å². The molecule has 166 valence electrons. The van der Waals surface area contributed by atoms with Crippen molar-refractivity contribution in [2.45, 2.75) is 77.7 Å². The number of unbranched alkanes of at least 4 members (excludes halogenated alkanes) is 6. The van der Waals surface area contributed by atoms with Crippen LogP contribution in [0.4, 0.5) is 5.82 Å². The second-order valence-electron chi connectivity index (χ2n) is 8.47. The summed E-state index contributed by atoms with van der Waals surface area (Å²) in [4.78, 5) is 32.5. The number of hydrogen-bond acceptors (Lipinski definition) is 3. The summed E-state index contributed by atoms with van der Waals surface area (Å²) >= 11 is 0. The van der Waals surface area contributed by atoms with E-state index < -0.39 is 6.04 Å². The van der Waals surface area contributed by atoms with Gasteiger partial charge in [-0.3, -0.25) is 9.59 Å². The van der Waals surface area contributed by atoms with E-state index in [1.807, 2.05) is 37.3 Å². The van der Waals surface area contributed by atoms with Crippen LogP contribution in [-0.2, 0) is 16.0 Å². The highest BCUT2D eigenvalue weighted by molar-refractivity contribution is 5.98. The van der Waals surface area contributed by atoms with E-state index in [9.17, 15) is 9.59 Å². The van der Waals surface area contributed by atoms with Crippen LogP contribution in [0.1, 0.15) is 81.0 Å². The Morgan fingerprint density at radius 2 is 1.77 bits per heavy atom. The summed E-state index contributed by atoms with van der Waals surface area (Å²) in [5, 5.41) is 2.96. The quantitative estimate of drug-likeness (QED) is 0.508. The number of benzene rings is 1. The van der Waals surface area contributed by atoms with Crippen LogP contribution in [0.3, 0.4) is 0 Å². The SMILES string of the molecule is CCCCCCCCCC(=O)N1CCc2ccccc2C1C(=O)Nc1ncccc1C. The Morgan fingerprint density at radius 1 is 1.03 bits per heavy atom. The van der Waals surface area contributed by atoms with E-state index in [4.69, 9.17) is 0 Å². The van der Waals surface area contributed by atoms with Crippen molar-refractivity contribution in [2.75, 3.05) is 11.9 Å². The number of nitrogens with zero attached hydrogens (tertiary/aromatic N) is 2. The Hall–Kier alpha value is -2.69. The number of carbonyl (C=O) groups is 2. The molecule has 5 nitrogen and oxygen atoms in total. The lowest BCUT2D eigenvalue weighted by Gasteiger charge is -2.36. The number of pyridine rings is 1. The molecule has 5 heteroatoms. The zero-order valence-electron chi connectivity index (χ0n) is 18.9. The van der Waals surface area contributed by atoms with Gasteiger partial charge in [-0.1, -0.05) is 75.8 Å². The lowest BCUT2D eigenvalue weighted by Crippen LogP contribution is -2.45. The summed E-state index contributed by atoms with van der Waals surface area (Å²) < 4.78 is 0. The van der Waals surface area contributed by atoms with Gasteiger partial charge in [0.2, 0.25) is 5.91 Å². The molecule has 0 radical (unpaired) electrons. The number of nitrogens with one attached hydrogen (secondary N) is 1. The van der Waals surface area contributed by atoms with Crippen LogP contribution in [0.2, 0.25) is 0 Å². The van der Waals surface area contributed by atoms with Gasteiger partial charge in [-0.05, 0) is 42.5 Å². The highest BCUT2D eigenvalue weighted by atomic mass is 16.2. The molecule has 1 aromatic carbocycles. The molecule has 1 atom stereocenters. The summed E-state index contributed by atoms with van der Waals surface area (Å²) in [5.41, 5.74) is 2.97. The zero-order chi connectivity index (χ0) is 22.1. The maximum Gasteiger partial charge on any atom is 0.252 e. The minimum Gasteiger partial charge on any atom is -0.326 e. The summed E-state index contributed by atoms with van der Waals surface area (Å²) in [6, 6.07) is 11.1. The number of rotatable bonds is 10. The number of fused-ring (bicyclic) bond motifs is 1. The van der Waals surface area contributed by atoms with Crippen LogP contribution >= 0.6 is 0 Å². The van der Waals surface area contributed by atoms with Crippen molar-refractivity contribution in [1.29, 1.82) is 0 Å². The van der Waals surface area contributed by atoms with Crippen LogP contribution in [0.25, 0.3) is 0 Å². The third kappa shape index (κ3) is 6.16. The van der Waals surface area contributed by atoms with Crippen molar-refractivity contribution < 1.29 is 9.59 Å². The Bertz CT molecular complexity index is 880. The topological polar surface area (TPSA) is 62.3 Å². The fraction of sp³-hybridized carbons (Fsp3) is 0.500. The monoisotopic (exact) mass is 421 g/mol. The average molecular weight is 422 g/mol. The molecule has 1 aliphatic rings. The first-order valence-electron chi connectivity index (χ1n) is 11.7. The number of aromatic nitrogens is 1. The number of carbonyl (C=O) groups excluding carboxylic acids is 2. The first kappa shape index (κ1) is 23.0. The molecular weight excluding hydrogens is 386 g/mol. The molecule has 2 aromatic rings. The standard InChI is InChI=1S/C26H35N3O2/c1-3-4-5-6-7-8-9-16-23(30)29-19-17-21-14-10-11-15-22(21)24(29)26(31)28-25-20(2)13-12-18-27-25/h10-15,18,24H,3-9,16-17,19H2,1-2H3,(H,27,28,31). The van der Waals surface area contributed by atoms with E-state index in [0.717, 1.165) is 36.0 Å². The predicted octanol–water partition coefficient (Wildman–Crippen LogP) is 5.60. The van der Waals surface area contributed by atoms with Crippen molar-refractivity contribution >= 4 is 17.6 Å². The smallest absolute Gasteiger partial charge is 0.252 e. The second-order valence-corrected chi connectivity index (χ2v) is 8.47. The molecule has 0 aliphatic carbocycles. The highest BCUT2D eigenvalue weighted by Crippen LogP contribution is 2.32. The highest BCUT2D eigenvalue weighted by Gasteiger charge is 2.35. The van der Waals surface area contributed by atoms with Gasteiger partial charge in [-0.2, -0.15) is 0 Å². The average Bonchev–Trinajstić information content (AvgIpc) is 2.79. The third-order valence-electron chi connectivity index (χ3n) is 6.10. The van der Waals surface area contributed by atoms with Crippen LogP contribution in [0, 0.1) is 6.92 Å². The zero-order valence-corrected chi connectivity index (χ0v) is 18.9. The van der Waals surface area contributed by atoms with E-state index in [1.54, 1.807) is 11.1 Å². The van der Waals surface area contributed by atoms with Crippen molar-refractivity contribution in [1.82, 2.24) is 9.88 Å². The van der Waals surface area contributed by atoms with Crippen LogP contribution in [0.5, 0.6) is 0 Å².